The highest BCUT2D eigenvalue weighted by Gasteiger charge is 2.26. The molecule has 1 aromatic rings. The van der Waals surface area contributed by atoms with Crippen LogP contribution in [0.5, 0.6) is 0 Å². The number of aliphatic imine (C=N–C) groups is 1. The summed E-state index contributed by atoms with van der Waals surface area (Å²) in [5.41, 5.74) is 7.60. The fourth-order valence-electron chi connectivity index (χ4n) is 1.56. The topological polar surface area (TPSA) is 47.6 Å². The SMILES string of the molecule is CC1(C)COC(c2cccc(CN)c2)=N1. The first-order valence-electron chi connectivity index (χ1n) is 5.13. The van der Waals surface area contributed by atoms with Crippen LogP contribution in [0.4, 0.5) is 0 Å². The van der Waals surface area contributed by atoms with E-state index in [1.54, 1.807) is 0 Å². The minimum absolute atomic E-state index is 0.103. The largest absolute Gasteiger partial charge is 0.475 e. The van der Waals surface area contributed by atoms with Crippen molar-refractivity contribution in [2.45, 2.75) is 25.9 Å². The van der Waals surface area contributed by atoms with E-state index in [2.05, 4.69) is 18.8 Å². The van der Waals surface area contributed by atoms with Crippen LogP contribution < -0.4 is 5.73 Å². The molecule has 0 aromatic heterocycles. The molecular weight excluding hydrogens is 188 g/mol. The zero-order valence-corrected chi connectivity index (χ0v) is 9.16. The molecule has 0 atom stereocenters. The predicted octanol–water partition coefficient (Wildman–Crippen LogP) is 1.70. The van der Waals surface area contributed by atoms with Gasteiger partial charge in [0, 0.05) is 12.1 Å². The van der Waals surface area contributed by atoms with E-state index in [4.69, 9.17) is 10.5 Å². The fraction of sp³-hybridized carbons (Fsp3) is 0.417. The molecule has 2 N–H and O–H groups in total. The Kier molecular flexibility index (Phi) is 2.49. The molecule has 0 unspecified atom stereocenters. The Labute approximate surface area is 90.0 Å². The first-order chi connectivity index (χ1) is 7.11. The van der Waals surface area contributed by atoms with Crippen LogP contribution in [0.15, 0.2) is 29.3 Å². The van der Waals surface area contributed by atoms with E-state index in [0.29, 0.717) is 13.2 Å². The Hall–Kier alpha value is -1.35. The summed E-state index contributed by atoms with van der Waals surface area (Å²) in [6.45, 7) is 5.32. The number of hydrogen-bond acceptors (Lipinski definition) is 3. The maximum Gasteiger partial charge on any atom is 0.216 e. The third-order valence-corrected chi connectivity index (χ3v) is 2.38. The molecule has 0 aliphatic carbocycles. The van der Waals surface area contributed by atoms with Crippen molar-refractivity contribution in [3.05, 3.63) is 35.4 Å². The van der Waals surface area contributed by atoms with Crippen molar-refractivity contribution < 1.29 is 4.74 Å². The first-order valence-corrected chi connectivity index (χ1v) is 5.13. The number of rotatable bonds is 2. The first kappa shape index (κ1) is 10.2. The highest BCUT2D eigenvalue weighted by Crippen LogP contribution is 2.20. The van der Waals surface area contributed by atoms with Crippen LogP contribution in [0.1, 0.15) is 25.0 Å². The molecule has 0 saturated carbocycles. The van der Waals surface area contributed by atoms with Gasteiger partial charge in [0.25, 0.3) is 0 Å². The van der Waals surface area contributed by atoms with Gasteiger partial charge in [-0.2, -0.15) is 0 Å². The lowest BCUT2D eigenvalue weighted by molar-refractivity contribution is 0.279. The molecule has 0 bridgehead atoms. The van der Waals surface area contributed by atoms with Gasteiger partial charge in [-0.15, -0.1) is 0 Å². The molecule has 0 fully saturated rings. The molecular formula is C12H16N2O. The number of nitrogens with two attached hydrogens (primary N) is 1. The van der Waals surface area contributed by atoms with Crippen LogP contribution in [0.2, 0.25) is 0 Å². The van der Waals surface area contributed by atoms with E-state index in [1.165, 1.54) is 0 Å². The Bertz CT molecular complexity index is 396. The summed E-state index contributed by atoms with van der Waals surface area (Å²) in [6, 6.07) is 8.01. The summed E-state index contributed by atoms with van der Waals surface area (Å²) in [5, 5.41) is 0. The van der Waals surface area contributed by atoms with Crippen LogP contribution in [0.3, 0.4) is 0 Å². The van der Waals surface area contributed by atoms with Crippen molar-refractivity contribution in [1.29, 1.82) is 0 Å². The van der Waals surface area contributed by atoms with E-state index in [1.807, 2.05) is 24.3 Å². The van der Waals surface area contributed by atoms with Gasteiger partial charge in [0.15, 0.2) is 0 Å². The summed E-state index contributed by atoms with van der Waals surface area (Å²) >= 11 is 0. The van der Waals surface area contributed by atoms with E-state index in [-0.39, 0.29) is 5.54 Å². The van der Waals surface area contributed by atoms with Crippen molar-refractivity contribution >= 4 is 5.90 Å². The molecule has 1 heterocycles. The average molecular weight is 204 g/mol. The summed E-state index contributed by atoms with van der Waals surface area (Å²) in [4.78, 5) is 4.52. The third-order valence-electron chi connectivity index (χ3n) is 2.38. The van der Waals surface area contributed by atoms with Crippen LogP contribution >= 0.6 is 0 Å². The molecule has 1 aromatic carbocycles. The second kappa shape index (κ2) is 3.66. The second-order valence-corrected chi connectivity index (χ2v) is 4.42. The zero-order chi connectivity index (χ0) is 10.9. The third kappa shape index (κ3) is 2.18. The number of hydrogen-bond donors (Lipinski definition) is 1. The van der Waals surface area contributed by atoms with E-state index >= 15 is 0 Å². The molecule has 15 heavy (non-hydrogen) atoms. The fourth-order valence-corrected chi connectivity index (χ4v) is 1.56. The Balaban J connectivity index is 2.31. The van der Waals surface area contributed by atoms with E-state index < -0.39 is 0 Å². The van der Waals surface area contributed by atoms with Gasteiger partial charge in [-0.25, -0.2) is 4.99 Å². The molecule has 3 heteroatoms. The normalized spacial score (nSPS) is 18.5. The van der Waals surface area contributed by atoms with E-state index in [9.17, 15) is 0 Å². The van der Waals surface area contributed by atoms with Crippen LogP contribution in [0.25, 0.3) is 0 Å². The quantitative estimate of drug-likeness (QED) is 0.797. The van der Waals surface area contributed by atoms with Crippen LogP contribution in [-0.4, -0.2) is 18.0 Å². The maximum absolute atomic E-state index is 5.59. The molecule has 3 nitrogen and oxygen atoms in total. The molecule has 80 valence electrons. The molecule has 1 aliphatic heterocycles. The average Bonchev–Trinajstić information content (AvgIpc) is 2.59. The highest BCUT2D eigenvalue weighted by molar-refractivity contribution is 5.95. The lowest BCUT2D eigenvalue weighted by Gasteiger charge is -2.07. The van der Waals surface area contributed by atoms with Crippen molar-refractivity contribution in [2.24, 2.45) is 10.7 Å². The van der Waals surface area contributed by atoms with E-state index in [0.717, 1.165) is 17.0 Å². The lowest BCUT2D eigenvalue weighted by atomic mass is 10.1. The highest BCUT2D eigenvalue weighted by atomic mass is 16.5. The molecule has 2 rings (SSSR count). The van der Waals surface area contributed by atoms with Gasteiger partial charge in [0.2, 0.25) is 5.90 Å². The Morgan fingerprint density at radius 3 is 2.87 bits per heavy atom. The molecule has 0 amide bonds. The smallest absolute Gasteiger partial charge is 0.216 e. The van der Waals surface area contributed by atoms with Gasteiger partial charge in [0.1, 0.15) is 6.61 Å². The van der Waals surface area contributed by atoms with Crippen molar-refractivity contribution in [3.63, 3.8) is 0 Å². The van der Waals surface area contributed by atoms with Gasteiger partial charge in [-0.05, 0) is 31.5 Å². The second-order valence-electron chi connectivity index (χ2n) is 4.42. The van der Waals surface area contributed by atoms with Crippen LogP contribution in [0, 0.1) is 0 Å². The molecule has 0 radical (unpaired) electrons. The minimum atomic E-state index is -0.103. The van der Waals surface area contributed by atoms with Crippen molar-refractivity contribution in [3.8, 4) is 0 Å². The lowest BCUT2D eigenvalue weighted by Crippen LogP contribution is -2.17. The van der Waals surface area contributed by atoms with Gasteiger partial charge in [-0.3, -0.25) is 0 Å². The number of benzene rings is 1. The predicted molar refractivity (Wildman–Crippen MR) is 60.9 cm³/mol. The number of ether oxygens (including phenoxy) is 1. The minimum Gasteiger partial charge on any atom is -0.475 e. The Morgan fingerprint density at radius 2 is 2.27 bits per heavy atom. The van der Waals surface area contributed by atoms with Gasteiger partial charge < -0.3 is 10.5 Å². The Morgan fingerprint density at radius 1 is 1.47 bits per heavy atom. The molecule has 1 aliphatic rings. The summed E-state index contributed by atoms with van der Waals surface area (Å²) in [6.07, 6.45) is 0. The zero-order valence-electron chi connectivity index (χ0n) is 9.16. The maximum atomic E-state index is 5.59. The molecule has 0 saturated heterocycles. The van der Waals surface area contributed by atoms with Gasteiger partial charge >= 0.3 is 0 Å². The number of nitrogens with zero attached hydrogens (tertiary/aromatic N) is 1. The summed E-state index contributed by atoms with van der Waals surface area (Å²) in [7, 11) is 0. The molecule has 0 spiro atoms. The summed E-state index contributed by atoms with van der Waals surface area (Å²) < 4.78 is 5.56. The van der Waals surface area contributed by atoms with Crippen LogP contribution in [-0.2, 0) is 11.3 Å². The van der Waals surface area contributed by atoms with Gasteiger partial charge in [-0.1, -0.05) is 12.1 Å². The summed E-state index contributed by atoms with van der Waals surface area (Å²) in [5.74, 6) is 0.732. The van der Waals surface area contributed by atoms with Crippen molar-refractivity contribution in [1.82, 2.24) is 0 Å². The monoisotopic (exact) mass is 204 g/mol. The standard InChI is InChI=1S/C12H16N2O/c1-12(2)8-15-11(14-12)10-5-3-4-9(6-10)7-13/h3-6H,7-8,13H2,1-2H3. The van der Waals surface area contributed by atoms with Gasteiger partial charge in [0.05, 0.1) is 5.54 Å². The van der Waals surface area contributed by atoms with Crippen molar-refractivity contribution in [2.75, 3.05) is 6.61 Å².